The Hall–Kier alpha value is -1.09. The van der Waals surface area contributed by atoms with E-state index >= 15 is 0 Å². The second-order valence-electron chi connectivity index (χ2n) is 6.57. The van der Waals surface area contributed by atoms with Crippen LogP contribution in [0.4, 0.5) is 0 Å². The Bertz CT molecular complexity index is 431. The van der Waals surface area contributed by atoms with E-state index in [4.69, 9.17) is 4.74 Å². The Kier molecular flexibility index (Phi) is 4.25. The van der Waals surface area contributed by atoms with Gasteiger partial charge in [-0.05, 0) is 62.5 Å². The summed E-state index contributed by atoms with van der Waals surface area (Å²) in [5.74, 6) is 3.72. The molecule has 1 heterocycles. The molecule has 0 radical (unpaired) electrons. The van der Waals surface area contributed by atoms with Gasteiger partial charge in [0.05, 0.1) is 7.11 Å². The van der Waals surface area contributed by atoms with E-state index in [0.29, 0.717) is 11.9 Å². The van der Waals surface area contributed by atoms with E-state index in [9.17, 15) is 0 Å². The van der Waals surface area contributed by atoms with Crippen LogP contribution in [0.2, 0.25) is 0 Å². The first-order valence-corrected chi connectivity index (χ1v) is 7.94. The molecule has 0 aliphatic heterocycles. The molecule has 2 aliphatic rings. The minimum atomic E-state index is 0.578. The SMILES string of the molecule is CNC(Cc1ccc(OC)nc1)CC1CC2CCC1C2. The highest BCUT2D eigenvalue weighted by molar-refractivity contribution is 5.18. The summed E-state index contributed by atoms with van der Waals surface area (Å²) in [5, 5.41) is 3.51. The number of aromatic nitrogens is 1. The number of ether oxygens (including phenoxy) is 1. The predicted octanol–water partition coefficient (Wildman–Crippen LogP) is 3.05. The number of likely N-dealkylation sites (N-methyl/N-ethyl adjacent to an activating group) is 1. The molecule has 110 valence electrons. The first-order chi connectivity index (χ1) is 9.78. The number of hydrogen-bond donors (Lipinski definition) is 1. The van der Waals surface area contributed by atoms with Crippen LogP contribution in [0.3, 0.4) is 0 Å². The third kappa shape index (κ3) is 2.98. The number of fused-ring (bicyclic) bond motifs is 2. The van der Waals surface area contributed by atoms with E-state index < -0.39 is 0 Å². The van der Waals surface area contributed by atoms with E-state index in [-0.39, 0.29) is 0 Å². The second kappa shape index (κ2) is 6.13. The maximum atomic E-state index is 5.11. The molecule has 3 heteroatoms. The van der Waals surface area contributed by atoms with Crippen molar-refractivity contribution in [2.45, 2.75) is 44.6 Å². The zero-order valence-corrected chi connectivity index (χ0v) is 12.6. The molecule has 1 aromatic rings. The minimum Gasteiger partial charge on any atom is -0.481 e. The normalized spacial score (nSPS) is 29.6. The lowest BCUT2D eigenvalue weighted by Crippen LogP contribution is -2.31. The highest BCUT2D eigenvalue weighted by Gasteiger charge is 2.39. The molecule has 20 heavy (non-hydrogen) atoms. The fourth-order valence-corrected chi connectivity index (χ4v) is 4.27. The van der Waals surface area contributed by atoms with Crippen molar-refractivity contribution in [3.05, 3.63) is 23.9 Å². The molecule has 3 rings (SSSR count). The average Bonchev–Trinajstić information content (AvgIpc) is 3.10. The third-order valence-corrected chi connectivity index (χ3v) is 5.37. The van der Waals surface area contributed by atoms with Crippen LogP contribution in [0.5, 0.6) is 5.88 Å². The topological polar surface area (TPSA) is 34.1 Å². The lowest BCUT2D eigenvalue weighted by Gasteiger charge is -2.26. The van der Waals surface area contributed by atoms with Gasteiger partial charge in [-0.2, -0.15) is 0 Å². The number of rotatable bonds is 6. The Morgan fingerprint density at radius 1 is 1.35 bits per heavy atom. The summed E-state index contributed by atoms with van der Waals surface area (Å²) in [6.07, 6.45) is 10.3. The number of nitrogens with one attached hydrogen (secondary N) is 1. The van der Waals surface area contributed by atoms with Crippen LogP contribution in [-0.2, 0) is 6.42 Å². The van der Waals surface area contributed by atoms with Crippen molar-refractivity contribution in [1.82, 2.24) is 10.3 Å². The number of pyridine rings is 1. The van der Waals surface area contributed by atoms with Crippen molar-refractivity contribution < 1.29 is 4.74 Å². The van der Waals surface area contributed by atoms with Crippen LogP contribution in [0.1, 0.15) is 37.7 Å². The van der Waals surface area contributed by atoms with Crippen molar-refractivity contribution in [2.24, 2.45) is 17.8 Å². The maximum absolute atomic E-state index is 5.11. The molecule has 2 aliphatic carbocycles. The molecule has 0 saturated heterocycles. The Labute approximate surface area is 122 Å². The third-order valence-electron chi connectivity index (χ3n) is 5.37. The fraction of sp³-hybridized carbons (Fsp3) is 0.706. The standard InChI is InChI=1S/C17H26N2O/c1-18-16(9-13-4-6-17(20-2)19-11-13)10-15-8-12-3-5-14(15)7-12/h4,6,11-12,14-16,18H,3,5,7-10H2,1-2H3. The molecule has 2 saturated carbocycles. The van der Waals surface area contributed by atoms with Crippen LogP contribution in [0, 0.1) is 17.8 Å². The number of methoxy groups -OCH3 is 1. The lowest BCUT2D eigenvalue weighted by molar-refractivity contribution is 0.281. The summed E-state index contributed by atoms with van der Waals surface area (Å²) in [6, 6.07) is 4.67. The van der Waals surface area contributed by atoms with Gasteiger partial charge in [-0.15, -0.1) is 0 Å². The molecule has 3 nitrogen and oxygen atoms in total. The van der Waals surface area contributed by atoms with Gasteiger partial charge in [0.15, 0.2) is 0 Å². The van der Waals surface area contributed by atoms with Gasteiger partial charge in [-0.25, -0.2) is 4.98 Å². The van der Waals surface area contributed by atoms with Gasteiger partial charge in [-0.1, -0.05) is 12.5 Å². The molecule has 1 aromatic heterocycles. The molecule has 2 bridgehead atoms. The molecule has 4 atom stereocenters. The zero-order valence-electron chi connectivity index (χ0n) is 12.6. The highest BCUT2D eigenvalue weighted by Crippen LogP contribution is 2.49. The molecule has 4 unspecified atom stereocenters. The summed E-state index contributed by atoms with van der Waals surface area (Å²) < 4.78 is 5.11. The maximum Gasteiger partial charge on any atom is 0.212 e. The molecular weight excluding hydrogens is 248 g/mol. The molecule has 1 N–H and O–H groups in total. The van der Waals surface area contributed by atoms with Crippen molar-refractivity contribution in [2.75, 3.05) is 14.2 Å². The van der Waals surface area contributed by atoms with E-state index in [1.54, 1.807) is 7.11 Å². The van der Waals surface area contributed by atoms with Gasteiger partial charge < -0.3 is 10.1 Å². The van der Waals surface area contributed by atoms with Crippen LogP contribution in [0.25, 0.3) is 0 Å². The summed E-state index contributed by atoms with van der Waals surface area (Å²) in [7, 11) is 3.75. The summed E-state index contributed by atoms with van der Waals surface area (Å²) in [4.78, 5) is 4.30. The number of nitrogens with zero attached hydrogens (tertiary/aromatic N) is 1. The Morgan fingerprint density at radius 3 is 2.80 bits per heavy atom. The minimum absolute atomic E-state index is 0.578. The van der Waals surface area contributed by atoms with Gasteiger partial charge in [0.1, 0.15) is 0 Å². The van der Waals surface area contributed by atoms with E-state index in [2.05, 4.69) is 23.4 Å². The van der Waals surface area contributed by atoms with Crippen LogP contribution >= 0.6 is 0 Å². The van der Waals surface area contributed by atoms with Crippen LogP contribution in [-0.4, -0.2) is 25.2 Å². The summed E-state index contributed by atoms with van der Waals surface area (Å²) in [5.41, 5.74) is 1.30. The quantitative estimate of drug-likeness (QED) is 0.865. The summed E-state index contributed by atoms with van der Waals surface area (Å²) >= 11 is 0. The van der Waals surface area contributed by atoms with E-state index in [1.807, 2.05) is 12.3 Å². The zero-order chi connectivity index (χ0) is 13.9. The van der Waals surface area contributed by atoms with Crippen LogP contribution in [0.15, 0.2) is 18.3 Å². The van der Waals surface area contributed by atoms with Gasteiger partial charge in [0, 0.05) is 18.3 Å². The van der Waals surface area contributed by atoms with Crippen LogP contribution < -0.4 is 10.1 Å². The molecule has 0 spiro atoms. The van der Waals surface area contributed by atoms with Gasteiger partial charge >= 0.3 is 0 Å². The lowest BCUT2D eigenvalue weighted by atomic mass is 9.83. The fourth-order valence-electron chi connectivity index (χ4n) is 4.27. The molecule has 0 amide bonds. The first-order valence-electron chi connectivity index (χ1n) is 7.94. The largest absolute Gasteiger partial charge is 0.481 e. The van der Waals surface area contributed by atoms with Crippen molar-refractivity contribution in [3.63, 3.8) is 0 Å². The highest BCUT2D eigenvalue weighted by atomic mass is 16.5. The van der Waals surface area contributed by atoms with E-state index in [0.717, 1.165) is 24.2 Å². The Morgan fingerprint density at radius 2 is 2.25 bits per heavy atom. The van der Waals surface area contributed by atoms with E-state index in [1.165, 1.54) is 37.7 Å². The van der Waals surface area contributed by atoms with Crippen molar-refractivity contribution in [3.8, 4) is 5.88 Å². The molecule has 2 fully saturated rings. The summed E-state index contributed by atoms with van der Waals surface area (Å²) in [6.45, 7) is 0. The van der Waals surface area contributed by atoms with Gasteiger partial charge in [0.2, 0.25) is 5.88 Å². The van der Waals surface area contributed by atoms with Gasteiger partial charge in [-0.3, -0.25) is 0 Å². The second-order valence-corrected chi connectivity index (χ2v) is 6.57. The average molecular weight is 274 g/mol. The van der Waals surface area contributed by atoms with Crippen molar-refractivity contribution >= 4 is 0 Å². The van der Waals surface area contributed by atoms with Crippen molar-refractivity contribution in [1.29, 1.82) is 0 Å². The predicted molar refractivity (Wildman–Crippen MR) is 80.9 cm³/mol. The Balaban J connectivity index is 1.56. The smallest absolute Gasteiger partial charge is 0.212 e. The molecule has 0 aromatic carbocycles. The number of hydrogen-bond acceptors (Lipinski definition) is 3. The van der Waals surface area contributed by atoms with Gasteiger partial charge in [0.25, 0.3) is 0 Å². The first kappa shape index (κ1) is 13.9. The molecular formula is C17H26N2O. The monoisotopic (exact) mass is 274 g/mol.